The van der Waals surface area contributed by atoms with Crippen molar-refractivity contribution in [2.45, 2.75) is 43.6 Å². The van der Waals surface area contributed by atoms with Crippen molar-refractivity contribution in [2.24, 2.45) is 5.92 Å². The summed E-state index contributed by atoms with van der Waals surface area (Å²) in [6, 6.07) is 0. The van der Waals surface area contributed by atoms with Gasteiger partial charge in [0.1, 0.15) is 5.03 Å². The SMILES string of the molecule is CCCCSc1nsnc1C1CN2CCCC1C2.O=C(O)C(=O)O. The number of thioether (sulfide) groups is 1. The summed E-state index contributed by atoms with van der Waals surface area (Å²) in [6.07, 6.45) is 5.30. The van der Waals surface area contributed by atoms with Gasteiger partial charge in [0.25, 0.3) is 0 Å². The number of piperidine rings is 1. The minimum absolute atomic E-state index is 0.662. The minimum atomic E-state index is -1.82. The molecule has 2 saturated heterocycles. The van der Waals surface area contributed by atoms with E-state index in [0.717, 1.165) is 5.92 Å². The Labute approximate surface area is 149 Å². The molecule has 2 aliphatic rings. The molecule has 3 atom stereocenters. The van der Waals surface area contributed by atoms with E-state index in [2.05, 4.69) is 20.6 Å². The molecule has 0 radical (unpaired) electrons. The van der Waals surface area contributed by atoms with Crippen LogP contribution in [0.5, 0.6) is 0 Å². The van der Waals surface area contributed by atoms with E-state index in [-0.39, 0.29) is 0 Å². The van der Waals surface area contributed by atoms with Gasteiger partial charge in [0.2, 0.25) is 0 Å². The van der Waals surface area contributed by atoms with Crippen LogP contribution in [0.4, 0.5) is 0 Å². The molecule has 0 spiro atoms. The number of rotatable bonds is 5. The molecule has 2 N–H and O–H groups in total. The molecule has 134 valence electrons. The molecule has 9 heteroatoms. The predicted octanol–water partition coefficient (Wildman–Crippen LogP) is 2.40. The lowest BCUT2D eigenvalue weighted by atomic mass is 9.89. The van der Waals surface area contributed by atoms with Gasteiger partial charge in [-0.15, -0.1) is 11.8 Å². The van der Waals surface area contributed by atoms with Gasteiger partial charge in [-0.05, 0) is 37.5 Å². The standard InChI is InChI=1S/C13H21N3S2.C2H2O4/c1-2-3-7-17-13-12(14-18-15-13)11-9-16-6-4-5-10(11)8-16;3-1(4)2(5)6/h10-11H,2-9H2,1H3;(H,3,4)(H,5,6). The molecule has 0 aliphatic carbocycles. The highest BCUT2D eigenvalue weighted by atomic mass is 32.2. The third kappa shape index (κ3) is 5.15. The smallest absolute Gasteiger partial charge is 0.414 e. The van der Waals surface area contributed by atoms with Gasteiger partial charge >= 0.3 is 11.9 Å². The second kappa shape index (κ2) is 9.33. The number of hydrogen-bond acceptors (Lipinski definition) is 7. The number of nitrogens with zero attached hydrogens (tertiary/aromatic N) is 3. The van der Waals surface area contributed by atoms with Crippen LogP contribution in [0.25, 0.3) is 0 Å². The van der Waals surface area contributed by atoms with Gasteiger partial charge in [-0.3, -0.25) is 0 Å². The van der Waals surface area contributed by atoms with Gasteiger partial charge < -0.3 is 15.1 Å². The predicted molar refractivity (Wildman–Crippen MR) is 92.7 cm³/mol. The second-order valence-corrected chi connectivity index (χ2v) is 7.65. The Hall–Kier alpha value is -1.19. The maximum Gasteiger partial charge on any atom is 0.414 e. The lowest BCUT2D eigenvalue weighted by Gasteiger charge is -2.21. The Morgan fingerprint density at radius 1 is 1.29 bits per heavy atom. The average Bonchev–Trinajstić information content (AvgIpc) is 3.12. The fourth-order valence-electron chi connectivity index (χ4n) is 3.15. The fraction of sp³-hybridized carbons (Fsp3) is 0.733. The lowest BCUT2D eigenvalue weighted by Crippen LogP contribution is -2.25. The summed E-state index contributed by atoms with van der Waals surface area (Å²) in [5, 5.41) is 16.0. The highest BCUT2D eigenvalue weighted by Crippen LogP contribution is 2.41. The molecule has 2 bridgehead atoms. The van der Waals surface area contributed by atoms with E-state index < -0.39 is 11.9 Å². The Bertz CT molecular complexity index is 555. The maximum absolute atomic E-state index is 9.10. The summed E-state index contributed by atoms with van der Waals surface area (Å²) in [5.41, 5.74) is 1.32. The molecule has 0 saturated carbocycles. The number of fused-ring (bicyclic) bond motifs is 2. The Morgan fingerprint density at radius 3 is 2.67 bits per heavy atom. The molecule has 3 rings (SSSR count). The number of hydrogen-bond donors (Lipinski definition) is 2. The summed E-state index contributed by atoms with van der Waals surface area (Å²) >= 11 is 3.32. The Morgan fingerprint density at radius 2 is 2.04 bits per heavy atom. The molecule has 24 heavy (non-hydrogen) atoms. The number of carboxylic acids is 2. The van der Waals surface area contributed by atoms with Crippen LogP contribution < -0.4 is 0 Å². The van der Waals surface area contributed by atoms with Crippen LogP contribution in [0.2, 0.25) is 0 Å². The summed E-state index contributed by atoms with van der Waals surface area (Å²) in [7, 11) is 0. The van der Waals surface area contributed by atoms with E-state index >= 15 is 0 Å². The first-order chi connectivity index (χ1) is 11.5. The normalized spacial score (nSPS) is 25.0. The molecule has 7 nitrogen and oxygen atoms in total. The van der Waals surface area contributed by atoms with Crippen molar-refractivity contribution >= 4 is 35.4 Å². The molecule has 1 aromatic rings. The van der Waals surface area contributed by atoms with E-state index in [1.807, 2.05) is 11.8 Å². The van der Waals surface area contributed by atoms with Crippen LogP contribution >= 0.6 is 23.5 Å². The van der Waals surface area contributed by atoms with Crippen molar-refractivity contribution in [1.29, 1.82) is 0 Å². The molecular formula is C15H23N3O4S2. The second-order valence-electron chi connectivity index (χ2n) is 6.04. The number of aliphatic carboxylic acids is 2. The first-order valence-corrected chi connectivity index (χ1v) is 9.88. The lowest BCUT2D eigenvalue weighted by molar-refractivity contribution is -0.159. The molecule has 3 unspecified atom stereocenters. The zero-order chi connectivity index (χ0) is 17.5. The number of carbonyl (C=O) groups is 2. The van der Waals surface area contributed by atoms with Gasteiger partial charge in [0, 0.05) is 19.0 Å². The van der Waals surface area contributed by atoms with E-state index in [4.69, 9.17) is 19.8 Å². The van der Waals surface area contributed by atoms with E-state index in [0.29, 0.717) is 5.92 Å². The zero-order valence-electron chi connectivity index (χ0n) is 13.7. The van der Waals surface area contributed by atoms with Crippen LogP contribution in [-0.4, -0.2) is 61.2 Å². The zero-order valence-corrected chi connectivity index (χ0v) is 15.3. The van der Waals surface area contributed by atoms with Crippen LogP contribution in [0.3, 0.4) is 0 Å². The van der Waals surface area contributed by atoms with Crippen LogP contribution in [0, 0.1) is 5.92 Å². The summed E-state index contributed by atoms with van der Waals surface area (Å²) in [5.74, 6) is -0.954. The summed E-state index contributed by atoms with van der Waals surface area (Å²) in [4.78, 5) is 20.8. The van der Waals surface area contributed by atoms with E-state index in [1.165, 1.54) is 73.5 Å². The highest BCUT2D eigenvalue weighted by Gasteiger charge is 2.38. The molecule has 2 aliphatic heterocycles. The third-order valence-corrected chi connectivity index (χ3v) is 6.04. The molecular weight excluding hydrogens is 350 g/mol. The van der Waals surface area contributed by atoms with Gasteiger partial charge in [0.15, 0.2) is 0 Å². The van der Waals surface area contributed by atoms with Gasteiger partial charge in [-0.2, -0.15) is 8.75 Å². The van der Waals surface area contributed by atoms with Crippen molar-refractivity contribution in [3.63, 3.8) is 0 Å². The molecule has 0 amide bonds. The number of aromatic nitrogens is 2. The summed E-state index contributed by atoms with van der Waals surface area (Å²) < 4.78 is 9.14. The first-order valence-electron chi connectivity index (χ1n) is 8.16. The van der Waals surface area contributed by atoms with Crippen LogP contribution in [0.15, 0.2) is 5.03 Å². The summed E-state index contributed by atoms with van der Waals surface area (Å²) in [6.45, 7) is 6.05. The highest BCUT2D eigenvalue weighted by molar-refractivity contribution is 7.99. The van der Waals surface area contributed by atoms with Gasteiger partial charge in [-0.25, -0.2) is 9.59 Å². The minimum Gasteiger partial charge on any atom is -0.473 e. The molecule has 0 aromatic carbocycles. The van der Waals surface area contributed by atoms with Crippen LogP contribution in [-0.2, 0) is 9.59 Å². The molecule has 3 heterocycles. The van der Waals surface area contributed by atoms with Crippen molar-refractivity contribution in [3.05, 3.63) is 5.69 Å². The monoisotopic (exact) mass is 373 g/mol. The van der Waals surface area contributed by atoms with Gasteiger partial charge in [-0.1, -0.05) is 13.3 Å². The topological polar surface area (TPSA) is 104 Å². The fourth-order valence-corrected chi connectivity index (χ4v) is 5.01. The Kier molecular flexibility index (Phi) is 7.44. The largest absolute Gasteiger partial charge is 0.473 e. The van der Waals surface area contributed by atoms with E-state index in [1.54, 1.807) is 0 Å². The Balaban J connectivity index is 0.000000301. The maximum atomic E-state index is 9.10. The van der Waals surface area contributed by atoms with Crippen molar-refractivity contribution in [2.75, 3.05) is 25.4 Å². The quantitative estimate of drug-likeness (QED) is 0.461. The molecule has 2 fully saturated rings. The van der Waals surface area contributed by atoms with Crippen molar-refractivity contribution < 1.29 is 19.8 Å². The first kappa shape index (κ1) is 19.1. The molecule has 1 aromatic heterocycles. The number of carboxylic acid groups (broad SMARTS) is 2. The average molecular weight is 374 g/mol. The number of unbranched alkanes of at least 4 members (excludes halogenated alkanes) is 1. The van der Waals surface area contributed by atoms with Crippen molar-refractivity contribution in [1.82, 2.24) is 13.6 Å². The van der Waals surface area contributed by atoms with E-state index in [9.17, 15) is 0 Å². The van der Waals surface area contributed by atoms with Crippen LogP contribution in [0.1, 0.15) is 44.2 Å². The van der Waals surface area contributed by atoms with Gasteiger partial charge in [0.05, 0.1) is 17.4 Å². The van der Waals surface area contributed by atoms with Crippen molar-refractivity contribution in [3.8, 4) is 0 Å². The third-order valence-electron chi connectivity index (χ3n) is 4.32.